The van der Waals surface area contributed by atoms with Crippen LogP contribution >= 0.6 is 15.9 Å². The first-order valence-electron chi connectivity index (χ1n) is 5.72. The van der Waals surface area contributed by atoms with Crippen molar-refractivity contribution in [2.45, 2.75) is 32.9 Å². The van der Waals surface area contributed by atoms with Crippen molar-refractivity contribution >= 4 is 27.3 Å². The lowest BCUT2D eigenvalue weighted by Gasteiger charge is -2.17. The van der Waals surface area contributed by atoms with Crippen molar-refractivity contribution in [3.05, 3.63) is 32.8 Å². The molecule has 0 bridgehead atoms. The van der Waals surface area contributed by atoms with Crippen LogP contribution in [0.25, 0.3) is 0 Å². The fourth-order valence-corrected chi connectivity index (χ4v) is 1.79. The highest BCUT2D eigenvalue weighted by Gasteiger charge is 2.15. The number of rotatable bonds is 6. The van der Waals surface area contributed by atoms with Gasteiger partial charge in [0.15, 0.2) is 0 Å². The van der Waals surface area contributed by atoms with Crippen LogP contribution in [0.2, 0.25) is 0 Å². The molecule has 1 rings (SSSR count). The Kier molecular flexibility index (Phi) is 5.55. The van der Waals surface area contributed by atoms with E-state index in [1.807, 2.05) is 20.8 Å². The highest BCUT2D eigenvalue weighted by molar-refractivity contribution is 9.10. The van der Waals surface area contributed by atoms with Crippen molar-refractivity contribution in [1.82, 2.24) is 0 Å². The van der Waals surface area contributed by atoms with Gasteiger partial charge >= 0.3 is 0 Å². The highest BCUT2D eigenvalue weighted by atomic mass is 79.9. The molecule has 1 aromatic carbocycles. The molecule has 0 aromatic heterocycles. The van der Waals surface area contributed by atoms with Gasteiger partial charge in [0.25, 0.3) is 5.69 Å². The van der Waals surface area contributed by atoms with Crippen LogP contribution in [0.4, 0.5) is 11.4 Å². The van der Waals surface area contributed by atoms with E-state index in [2.05, 4.69) is 21.2 Å². The Labute approximate surface area is 115 Å². The van der Waals surface area contributed by atoms with E-state index in [-0.39, 0.29) is 17.8 Å². The molecule has 0 aliphatic heterocycles. The molecule has 0 aliphatic carbocycles. The van der Waals surface area contributed by atoms with Gasteiger partial charge in [0.1, 0.15) is 5.69 Å². The maximum absolute atomic E-state index is 10.9. The minimum Gasteiger partial charge on any atom is -0.377 e. The summed E-state index contributed by atoms with van der Waals surface area (Å²) in [7, 11) is 0. The largest absolute Gasteiger partial charge is 0.377 e. The van der Waals surface area contributed by atoms with E-state index in [0.29, 0.717) is 12.3 Å². The fourth-order valence-electron chi connectivity index (χ4n) is 1.43. The Hall–Kier alpha value is -1.14. The lowest BCUT2D eigenvalue weighted by Crippen LogP contribution is -2.24. The standard InChI is InChI=1S/C12H17BrN2O3/c1-8(2)18-7-9(3)14-11-6-10(13)4-5-12(11)15(16)17/h4-6,8-9,14H,7H2,1-3H3. The summed E-state index contributed by atoms with van der Waals surface area (Å²) >= 11 is 3.30. The van der Waals surface area contributed by atoms with E-state index in [4.69, 9.17) is 4.74 Å². The molecular formula is C12H17BrN2O3. The van der Waals surface area contributed by atoms with Gasteiger partial charge < -0.3 is 10.1 Å². The molecule has 0 spiro atoms. The number of nitrogens with zero attached hydrogens (tertiary/aromatic N) is 1. The molecule has 0 radical (unpaired) electrons. The molecule has 6 heteroatoms. The van der Waals surface area contributed by atoms with Gasteiger partial charge in [0.05, 0.1) is 17.6 Å². The molecule has 0 fully saturated rings. The van der Waals surface area contributed by atoms with Crippen LogP contribution < -0.4 is 5.32 Å². The first-order chi connectivity index (χ1) is 8.40. The number of ether oxygens (including phenoxy) is 1. The van der Waals surface area contributed by atoms with E-state index in [1.165, 1.54) is 6.07 Å². The third-order valence-corrected chi connectivity index (χ3v) is 2.73. The Morgan fingerprint density at radius 2 is 2.11 bits per heavy atom. The number of hydrogen-bond acceptors (Lipinski definition) is 4. The number of nitrogens with one attached hydrogen (secondary N) is 1. The van der Waals surface area contributed by atoms with E-state index in [9.17, 15) is 10.1 Å². The van der Waals surface area contributed by atoms with Crippen molar-refractivity contribution in [3.8, 4) is 0 Å². The van der Waals surface area contributed by atoms with Crippen molar-refractivity contribution in [3.63, 3.8) is 0 Å². The van der Waals surface area contributed by atoms with Gasteiger partial charge in [0.2, 0.25) is 0 Å². The smallest absolute Gasteiger partial charge is 0.292 e. The third-order valence-electron chi connectivity index (χ3n) is 2.24. The van der Waals surface area contributed by atoms with Crippen molar-refractivity contribution in [2.24, 2.45) is 0 Å². The second kappa shape index (κ2) is 6.70. The van der Waals surface area contributed by atoms with Gasteiger partial charge in [0, 0.05) is 16.6 Å². The molecule has 0 heterocycles. The zero-order chi connectivity index (χ0) is 13.7. The van der Waals surface area contributed by atoms with Gasteiger partial charge in [-0.3, -0.25) is 10.1 Å². The van der Waals surface area contributed by atoms with Gasteiger partial charge in [-0.05, 0) is 32.9 Å². The van der Waals surface area contributed by atoms with Crippen LogP contribution in [-0.2, 0) is 4.74 Å². The summed E-state index contributed by atoms with van der Waals surface area (Å²) in [6.07, 6.45) is 0.145. The molecule has 1 unspecified atom stereocenters. The summed E-state index contributed by atoms with van der Waals surface area (Å²) in [4.78, 5) is 10.5. The minimum absolute atomic E-state index is 0.000370. The zero-order valence-corrected chi connectivity index (χ0v) is 12.2. The average molecular weight is 317 g/mol. The number of nitro groups is 1. The lowest BCUT2D eigenvalue weighted by atomic mass is 10.2. The van der Waals surface area contributed by atoms with Gasteiger partial charge in [-0.2, -0.15) is 0 Å². The average Bonchev–Trinajstić information content (AvgIpc) is 2.26. The molecule has 0 aliphatic rings. The number of anilines is 1. The summed E-state index contributed by atoms with van der Waals surface area (Å²) in [5.74, 6) is 0. The molecule has 0 amide bonds. The highest BCUT2D eigenvalue weighted by Crippen LogP contribution is 2.28. The van der Waals surface area contributed by atoms with Gasteiger partial charge in [-0.1, -0.05) is 15.9 Å². The summed E-state index contributed by atoms with van der Waals surface area (Å²) in [5.41, 5.74) is 0.559. The fraction of sp³-hybridized carbons (Fsp3) is 0.500. The number of benzene rings is 1. The lowest BCUT2D eigenvalue weighted by molar-refractivity contribution is -0.384. The Bertz CT molecular complexity index is 424. The predicted molar refractivity (Wildman–Crippen MR) is 75.0 cm³/mol. The number of hydrogen-bond donors (Lipinski definition) is 1. The SMILES string of the molecule is CC(COC(C)C)Nc1cc(Br)ccc1[N+](=O)[O-]. The second-order valence-electron chi connectivity index (χ2n) is 4.35. The predicted octanol–water partition coefficient (Wildman–Crippen LogP) is 3.58. The molecule has 0 saturated carbocycles. The minimum atomic E-state index is -0.398. The summed E-state index contributed by atoms with van der Waals surface area (Å²) < 4.78 is 6.26. The van der Waals surface area contributed by atoms with Crippen LogP contribution in [0.1, 0.15) is 20.8 Å². The van der Waals surface area contributed by atoms with Crippen molar-refractivity contribution in [1.29, 1.82) is 0 Å². The Morgan fingerprint density at radius 3 is 2.67 bits per heavy atom. The quantitative estimate of drug-likeness (QED) is 0.643. The first-order valence-corrected chi connectivity index (χ1v) is 6.51. The number of nitro benzene ring substituents is 1. The van der Waals surface area contributed by atoms with Crippen LogP contribution in [0.15, 0.2) is 22.7 Å². The normalized spacial score (nSPS) is 12.5. The first kappa shape index (κ1) is 14.9. The van der Waals surface area contributed by atoms with E-state index in [0.717, 1.165) is 4.47 Å². The molecule has 1 atom stereocenters. The molecular weight excluding hydrogens is 300 g/mol. The van der Waals surface area contributed by atoms with E-state index in [1.54, 1.807) is 12.1 Å². The molecule has 5 nitrogen and oxygen atoms in total. The molecule has 100 valence electrons. The molecule has 1 aromatic rings. The molecule has 1 N–H and O–H groups in total. The summed E-state index contributed by atoms with van der Waals surface area (Å²) in [5, 5.41) is 14.0. The molecule has 0 saturated heterocycles. The number of halogens is 1. The van der Waals surface area contributed by atoms with Crippen LogP contribution in [0.3, 0.4) is 0 Å². The van der Waals surface area contributed by atoms with Crippen LogP contribution in [-0.4, -0.2) is 23.7 Å². The maximum atomic E-state index is 10.9. The second-order valence-corrected chi connectivity index (χ2v) is 5.26. The summed E-state index contributed by atoms with van der Waals surface area (Å²) in [6, 6.07) is 4.82. The summed E-state index contributed by atoms with van der Waals surface area (Å²) in [6.45, 7) is 6.33. The van der Waals surface area contributed by atoms with Crippen molar-refractivity contribution < 1.29 is 9.66 Å². The van der Waals surface area contributed by atoms with Crippen LogP contribution in [0.5, 0.6) is 0 Å². The molecule has 18 heavy (non-hydrogen) atoms. The van der Waals surface area contributed by atoms with Gasteiger partial charge in [-0.15, -0.1) is 0 Å². The van der Waals surface area contributed by atoms with Crippen LogP contribution in [0, 0.1) is 10.1 Å². The Morgan fingerprint density at radius 1 is 1.44 bits per heavy atom. The zero-order valence-electron chi connectivity index (χ0n) is 10.6. The topological polar surface area (TPSA) is 64.4 Å². The Balaban J connectivity index is 2.76. The van der Waals surface area contributed by atoms with E-state index < -0.39 is 4.92 Å². The third kappa shape index (κ3) is 4.62. The van der Waals surface area contributed by atoms with E-state index >= 15 is 0 Å². The van der Waals surface area contributed by atoms with Gasteiger partial charge in [-0.25, -0.2) is 0 Å². The monoisotopic (exact) mass is 316 g/mol. The van der Waals surface area contributed by atoms with Crippen molar-refractivity contribution in [2.75, 3.05) is 11.9 Å². The maximum Gasteiger partial charge on any atom is 0.292 e.